The summed E-state index contributed by atoms with van der Waals surface area (Å²) in [5.74, 6) is -1.16. The Balaban J connectivity index is 2.66. The summed E-state index contributed by atoms with van der Waals surface area (Å²) >= 11 is 0. The van der Waals surface area contributed by atoms with Gasteiger partial charge in [-0.1, -0.05) is 43.5 Å². The summed E-state index contributed by atoms with van der Waals surface area (Å²) in [7, 11) is 0. The van der Waals surface area contributed by atoms with Crippen molar-refractivity contribution in [1.82, 2.24) is 0 Å². The van der Waals surface area contributed by atoms with Crippen molar-refractivity contribution in [3.8, 4) is 0 Å². The van der Waals surface area contributed by atoms with Gasteiger partial charge in [-0.25, -0.2) is 9.59 Å². The number of esters is 2. The Kier molecular flexibility index (Phi) is 6.40. The lowest BCUT2D eigenvalue weighted by molar-refractivity contribution is -0.183. The van der Waals surface area contributed by atoms with Gasteiger partial charge in [0.2, 0.25) is 6.29 Å². The van der Waals surface area contributed by atoms with Crippen LogP contribution in [0, 0.1) is 0 Å². The van der Waals surface area contributed by atoms with Gasteiger partial charge < -0.3 is 9.47 Å². The maximum atomic E-state index is 11.6. The summed E-state index contributed by atoms with van der Waals surface area (Å²) in [4.78, 5) is 23.2. The average molecular weight is 288 g/mol. The minimum absolute atomic E-state index is 0.256. The Labute approximate surface area is 125 Å². The van der Waals surface area contributed by atoms with E-state index >= 15 is 0 Å². The molecular formula is C17H20O4. The van der Waals surface area contributed by atoms with E-state index in [1.807, 2.05) is 30.3 Å². The third kappa shape index (κ3) is 6.08. The van der Waals surface area contributed by atoms with Crippen molar-refractivity contribution < 1.29 is 19.1 Å². The molecule has 0 saturated carbocycles. The normalized spacial score (nSPS) is 10.0. The Morgan fingerprint density at radius 2 is 1.48 bits per heavy atom. The van der Waals surface area contributed by atoms with E-state index in [-0.39, 0.29) is 11.1 Å². The highest BCUT2D eigenvalue weighted by Gasteiger charge is 2.19. The molecule has 1 rings (SSSR count). The van der Waals surface area contributed by atoms with Gasteiger partial charge in [-0.2, -0.15) is 0 Å². The molecule has 0 bridgehead atoms. The minimum atomic E-state index is -0.946. The molecule has 0 aliphatic carbocycles. The number of carbonyl (C=O) groups excluding carboxylic acids is 2. The van der Waals surface area contributed by atoms with Gasteiger partial charge in [-0.15, -0.1) is 0 Å². The molecule has 4 nitrogen and oxygen atoms in total. The van der Waals surface area contributed by atoms with Crippen LogP contribution in [0.1, 0.15) is 25.8 Å². The molecule has 0 radical (unpaired) electrons. The number of ether oxygens (including phenoxy) is 2. The molecule has 21 heavy (non-hydrogen) atoms. The Hall–Kier alpha value is -2.36. The number of aryl methyl sites for hydroxylation is 1. The standard InChI is InChI=1S/C17H20O4/c1-12(2)16(18)20-15(21-17(19)13(3)4)11-10-14-8-6-5-7-9-14/h5-9,15H,1,3,10-11H2,2,4H3. The van der Waals surface area contributed by atoms with Crippen molar-refractivity contribution in [2.45, 2.75) is 33.0 Å². The van der Waals surface area contributed by atoms with Gasteiger partial charge in [0.25, 0.3) is 0 Å². The minimum Gasteiger partial charge on any atom is -0.422 e. The second-order valence-corrected chi connectivity index (χ2v) is 4.83. The molecule has 0 aliphatic rings. The summed E-state index contributed by atoms with van der Waals surface area (Å²) in [5, 5.41) is 0. The first kappa shape index (κ1) is 16.7. The van der Waals surface area contributed by atoms with E-state index in [4.69, 9.17) is 9.47 Å². The lowest BCUT2D eigenvalue weighted by Gasteiger charge is -2.18. The lowest BCUT2D eigenvalue weighted by Crippen LogP contribution is -2.25. The maximum absolute atomic E-state index is 11.6. The molecule has 0 atom stereocenters. The average Bonchev–Trinajstić information content (AvgIpc) is 2.45. The molecule has 112 valence electrons. The van der Waals surface area contributed by atoms with E-state index in [1.54, 1.807) is 0 Å². The fourth-order valence-electron chi connectivity index (χ4n) is 1.51. The zero-order valence-electron chi connectivity index (χ0n) is 12.4. The molecule has 0 heterocycles. The first-order valence-electron chi connectivity index (χ1n) is 6.67. The second kappa shape index (κ2) is 8.04. The largest absolute Gasteiger partial charge is 0.422 e. The zero-order valence-corrected chi connectivity index (χ0v) is 12.4. The van der Waals surface area contributed by atoms with Gasteiger partial charge in [-0.05, 0) is 25.8 Å². The number of carbonyl (C=O) groups is 2. The molecule has 0 fully saturated rings. The molecule has 0 aliphatic heterocycles. The molecule has 0 aromatic heterocycles. The topological polar surface area (TPSA) is 52.6 Å². The molecule has 0 spiro atoms. The van der Waals surface area contributed by atoms with Crippen LogP contribution in [0.2, 0.25) is 0 Å². The van der Waals surface area contributed by atoms with E-state index in [9.17, 15) is 9.59 Å². The first-order valence-corrected chi connectivity index (χ1v) is 6.67. The first-order chi connectivity index (χ1) is 9.90. The maximum Gasteiger partial charge on any atom is 0.336 e. The fraction of sp³-hybridized carbons (Fsp3) is 0.294. The number of benzene rings is 1. The van der Waals surface area contributed by atoms with Gasteiger partial charge in [-0.3, -0.25) is 0 Å². The van der Waals surface area contributed by atoms with Crippen LogP contribution in [0.4, 0.5) is 0 Å². The smallest absolute Gasteiger partial charge is 0.336 e. The predicted octanol–water partition coefficient (Wildman–Crippen LogP) is 3.18. The third-order valence-corrected chi connectivity index (χ3v) is 2.69. The summed E-state index contributed by atoms with van der Waals surface area (Å²) in [6.45, 7) is 10.1. The predicted molar refractivity (Wildman–Crippen MR) is 80.4 cm³/mol. The molecule has 0 amide bonds. The molecule has 4 heteroatoms. The van der Waals surface area contributed by atoms with Crippen LogP contribution in [-0.4, -0.2) is 18.2 Å². The van der Waals surface area contributed by atoms with E-state index in [0.717, 1.165) is 5.56 Å². The lowest BCUT2D eigenvalue weighted by atomic mass is 10.1. The van der Waals surface area contributed by atoms with Crippen molar-refractivity contribution in [2.24, 2.45) is 0 Å². The third-order valence-electron chi connectivity index (χ3n) is 2.69. The van der Waals surface area contributed by atoms with E-state index in [0.29, 0.717) is 12.8 Å². The van der Waals surface area contributed by atoms with Crippen LogP contribution in [0.3, 0.4) is 0 Å². The number of hydrogen-bond donors (Lipinski definition) is 0. The van der Waals surface area contributed by atoms with E-state index in [2.05, 4.69) is 13.2 Å². The van der Waals surface area contributed by atoms with Crippen molar-refractivity contribution in [3.05, 3.63) is 60.2 Å². The van der Waals surface area contributed by atoms with E-state index in [1.165, 1.54) is 13.8 Å². The number of hydrogen-bond acceptors (Lipinski definition) is 4. The van der Waals surface area contributed by atoms with Gasteiger partial charge in [0.05, 0.1) is 0 Å². The molecule has 0 unspecified atom stereocenters. The highest BCUT2D eigenvalue weighted by atomic mass is 16.7. The fourth-order valence-corrected chi connectivity index (χ4v) is 1.51. The zero-order chi connectivity index (χ0) is 15.8. The summed E-state index contributed by atoms with van der Waals surface area (Å²) in [6.07, 6.45) is 0.0548. The molecular weight excluding hydrogens is 268 g/mol. The van der Waals surface area contributed by atoms with Crippen molar-refractivity contribution in [1.29, 1.82) is 0 Å². The monoisotopic (exact) mass is 288 g/mol. The highest BCUT2D eigenvalue weighted by molar-refractivity contribution is 5.88. The van der Waals surface area contributed by atoms with Crippen molar-refractivity contribution in [3.63, 3.8) is 0 Å². The van der Waals surface area contributed by atoms with Crippen LogP contribution >= 0.6 is 0 Å². The van der Waals surface area contributed by atoms with Crippen molar-refractivity contribution in [2.75, 3.05) is 0 Å². The molecule has 1 aromatic carbocycles. The van der Waals surface area contributed by atoms with Crippen LogP contribution in [0.15, 0.2) is 54.6 Å². The van der Waals surface area contributed by atoms with Crippen molar-refractivity contribution >= 4 is 11.9 Å². The van der Waals surface area contributed by atoms with Crippen LogP contribution < -0.4 is 0 Å². The summed E-state index contributed by atoms with van der Waals surface area (Å²) in [5.41, 5.74) is 1.58. The van der Waals surface area contributed by atoms with Crippen LogP contribution in [0.5, 0.6) is 0 Å². The Morgan fingerprint density at radius 3 is 1.90 bits per heavy atom. The van der Waals surface area contributed by atoms with Gasteiger partial charge >= 0.3 is 11.9 Å². The molecule has 0 saturated heterocycles. The highest BCUT2D eigenvalue weighted by Crippen LogP contribution is 2.12. The Bertz CT molecular complexity index is 503. The second-order valence-electron chi connectivity index (χ2n) is 4.83. The molecule has 1 aromatic rings. The van der Waals surface area contributed by atoms with E-state index < -0.39 is 18.2 Å². The summed E-state index contributed by atoms with van der Waals surface area (Å²) < 4.78 is 10.3. The summed E-state index contributed by atoms with van der Waals surface area (Å²) in [6, 6.07) is 9.67. The SMILES string of the molecule is C=C(C)C(=O)OC(CCc1ccccc1)OC(=O)C(=C)C. The van der Waals surface area contributed by atoms with Gasteiger partial charge in [0.15, 0.2) is 0 Å². The molecule has 0 N–H and O–H groups in total. The van der Waals surface area contributed by atoms with Gasteiger partial charge in [0.1, 0.15) is 0 Å². The Morgan fingerprint density at radius 1 is 1.00 bits per heavy atom. The number of rotatable bonds is 7. The van der Waals surface area contributed by atoms with Gasteiger partial charge in [0, 0.05) is 17.6 Å². The van der Waals surface area contributed by atoms with Crippen LogP contribution in [0.25, 0.3) is 0 Å². The van der Waals surface area contributed by atoms with Crippen LogP contribution in [-0.2, 0) is 25.5 Å². The quantitative estimate of drug-likeness (QED) is 0.439.